The smallest absolute Gasteiger partial charge is 0.235 e. The van der Waals surface area contributed by atoms with Crippen LogP contribution in [0.15, 0.2) is 54.6 Å². The second-order valence-electron chi connectivity index (χ2n) is 9.89. The van der Waals surface area contributed by atoms with Crippen LogP contribution in [-0.2, 0) is 16.0 Å². The third-order valence-electron chi connectivity index (χ3n) is 7.31. The van der Waals surface area contributed by atoms with Crippen molar-refractivity contribution in [2.45, 2.75) is 45.4 Å². The number of aromatic nitrogens is 1. The number of hydrogen-bond acceptors (Lipinski definition) is 6. The van der Waals surface area contributed by atoms with Crippen LogP contribution < -0.4 is 14.5 Å². The number of nitrogens with zero attached hydrogens (tertiary/aromatic N) is 4. The van der Waals surface area contributed by atoms with Gasteiger partial charge in [0.1, 0.15) is 5.82 Å². The summed E-state index contributed by atoms with van der Waals surface area (Å²) in [5, 5.41) is 2.62. The molecule has 7 nitrogen and oxygen atoms in total. The predicted molar refractivity (Wildman–Crippen MR) is 147 cm³/mol. The van der Waals surface area contributed by atoms with E-state index in [0.29, 0.717) is 44.0 Å². The van der Waals surface area contributed by atoms with Crippen LogP contribution in [0.2, 0.25) is 0 Å². The lowest BCUT2D eigenvalue weighted by Gasteiger charge is -2.36. The maximum absolute atomic E-state index is 12.5. The van der Waals surface area contributed by atoms with Crippen LogP contribution in [0.1, 0.15) is 44.6 Å². The summed E-state index contributed by atoms with van der Waals surface area (Å²) >= 11 is 0. The van der Waals surface area contributed by atoms with Gasteiger partial charge in [0.25, 0.3) is 0 Å². The van der Waals surface area contributed by atoms with Crippen molar-refractivity contribution in [1.82, 2.24) is 9.88 Å². The lowest BCUT2D eigenvalue weighted by atomic mass is 10.0. The Bertz CT molecular complexity index is 1250. The average Bonchev–Trinajstić information content (AvgIpc) is 2.93. The summed E-state index contributed by atoms with van der Waals surface area (Å²) in [7, 11) is 0. The molecule has 1 aromatic heterocycles. The third kappa shape index (κ3) is 5.77. The molecule has 0 atom stereocenters. The van der Waals surface area contributed by atoms with Crippen LogP contribution in [0.3, 0.4) is 0 Å². The number of hydrogen-bond donors (Lipinski definition) is 0. The molecule has 0 N–H and O–H groups in total. The number of pyridine rings is 1. The van der Waals surface area contributed by atoms with E-state index in [9.17, 15) is 9.59 Å². The van der Waals surface area contributed by atoms with Crippen LogP contribution in [0.5, 0.6) is 5.88 Å². The van der Waals surface area contributed by atoms with Gasteiger partial charge in [-0.25, -0.2) is 4.90 Å². The summed E-state index contributed by atoms with van der Waals surface area (Å²) in [4.78, 5) is 35.7. The van der Waals surface area contributed by atoms with Gasteiger partial charge in [0.15, 0.2) is 0 Å². The molecule has 37 heavy (non-hydrogen) atoms. The van der Waals surface area contributed by atoms with E-state index in [2.05, 4.69) is 57.2 Å². The molecule has 0 unspecified atom stereocenters. The zero-order chi connectivity index (χ0) is 25.6. The maximum Gasteiger partial charge on any atom is 0.235 e. The van der Waals surface area contributed by atoms with Crippen molar-refractivity contribution >= 4 is 34.1 Å². The molecule has 0 radical (unpaired) electrons. The van der Waals surface area contributed by atoms with Gasteiger partial charge in [0, 0.05) is 56.2 Å². The first-order valence-electron chi connectivity index (χ1n) is 13.6. The number of benzene rings is 2. The van der Waals surface area contributed by atoms with Crippen molar-refractivity contribution in [3.05, 3.63) is 60.2 Å². The minimum absolute atomic E-state index is 0.170. The number of aryl methyl sites for hydroxylation is 1. The fourth-order valence-corrected chi connectivity index (χ4v) is 5.29. The number of rotatable bonds is 9. The molecule has 7 heteroatoms. The Morgan fingerprint density at radius 3 is 2.59 bits per heavy atom. The molecule has 1 saturated heterocycles. The van der Waals surface area contributed by atoms with Gasteiger partial charge in [-0.15, -0.1) is 0 Å². The standard InChI is InChI=1S/C30H36N4O3/c1-2-8-28(35)34-29(36)16-14-24-13-15-27(31-30(24)34)37-22-6-5-17-32-18-20-33(21-19-32)26-12-7-10-23-9-3-4-11-25(23)26/h3-4,7,9-13,15H,2,5-6,8,14,16-22H2,1H3. The first-order valence-corrected chi connectivity index (χ1v) is 13.6. The van der Waals surface area contributed by atoms with Gasteiger partial charge in [-0.2, -0.15) is 4.98 Å². The fourth-order valence-electron chi connectivity index (χ4n) is 5.29. The monoisotopic (exact) mass is 500 g/mol. The Morgan fingerprint density at radius 1 is 0.946 bits per heavy atom. The summed E-state index contributed by atoms with van der Waals surface area (Å²) < 4.78 is 5.91. The normalized spacial score (nSPS) is 16.2. The third-order valence-corrected chi connectivity index (χ3v) is 7.31. The van der Waals surface area contributed by atoms with Crippen LogP contribution in [0, 0.1) is 0 Å². The second kappa shape index (κ2) is 11.7. The van der Waals surface area contributed by atoms with E-state index >= 15 is 0 Å². The SMILES string of the molecule is CCCC(=O)N1C(=O)CCc2ccc(OCCCCN3CCN(c4cccc5ccccc45)CC3)nc21. The molecule has 3 aromatic rings. The number of anilines is 2. The molecule has 3 heterocycles. The molecule has 0 aliphatic carbocycles. The van der Waals surface area contributed by atoms with E-state index in [1.54, 1.807) is 0 Å². The van der Waals surface area contributed by atoms with E-state index in [1.165, 1.54) is 21.4 Å². The minimum Gasteiger partial charge on any atom is -0.478 e. The van der Waals surface area contributed by atoms with Gasteiger partial charge in [-0.1, -0.05) is 43.3 Å². The molecular formula is C30H36N4O3. The summed E-state index contributed by atoms with van der Waals surface area (Å²) in [5.74, 6) is 0.581. The molecule has 2 amide bonds. The van der Waals surface area contributed by atoms with Gasteiger partial charge in [0.05, 0.1) is 6.61 Å². The number of imide groups is 1. The summed E-state index contributed by atoms with van der Waals surface area (Å²) in [6.45, 7) is 7.76. The lowest BCUT2D eigenvalue weighted by Crippen LogP contribution is -2.46. The summed E-state index contributed by atoms with van der Waals surface area (Å²) in [5.41, 5.74) is 2.26. The topological polar surface area (TPSA) is 66.0 Å². The number of ether oxygens (including phenoxy) is 1. The van der Waals surface area contributed by atoms with E-state index in [0.717, 1.165) is 51.1 Å². The molecule has 194 valence electrons. The highest BCUT2D eigenvalue weighted by Gasteiger charge is 2.30. The summed E-state index contributed by atoms with van der Waals surface area (Å²) in [6.07, 6.45) is 3.99. The zero-order valence-electron chi connectivity index (χ0n) is 21.7. The molecule has 2 aromatic carbocycles. The number of carbonyl (C=O) groups is 2. The molecular weight excluding hydrogens is 464 g/mol. The highest BCUT2D eigenvalue weighted by molar-refractivity contribution is 6.15. The number of fused-ring (bicyclic) bond motifs is 2. The highest BCUT2D eigenvalue weighted by atomic mass is 16.5. The molecule has 1 fully saturated rings. The second-order valence-corrected chi connectivity index (χ2v) is 9.89. The number of unbranched alkanes of at least 4 members (excludes halogenated alkanes) is 1. The fraction of sp³-hybridized carbons (Fsp3) is 0.433. The van der Waals surface area contributed by atoms with Gasteiger partial charge < -0.3 is 9.64 Å². The van der Waals surface area contributed by atoms with Crippen molar-refractivity contribution in [1.29, 1.82) is 0 Å². The minimum atomic E-state index is -0.182. The van der Waals surface area contributed by atoms with E-state index < -0.39 is 0 Å². The Morgan fingerprint density at radius 2 is 1.76 bits per heavy atom. The Labute approximate surface area is 219 Å². The predicted octanol–water partition coefficient (Wildman–Crippen LogP) is 4.82. The van der Waals surface area contributed by atoms with Crippen LogP contribution in [0.4, 0.5) is 11.5 Å². The van der Waals surface area contributed by atoms with Crippen molar-refractivity contribution < 1.29 is 14.3 Å². The summed E-state index contributed by atoms with van der Waals surface area (Å²) in [6, 6.07) is 19.0. The quantitative estimate of drug-likeness (QED) is 0.393. The van der Waals surface area contributed by atoms with Crippen LogP contribution in [0.25, 0.3) is 10.8 Å². The van der Waals surface area contributed by atoms with Gasteiger partial charge >= 0.3 is 0 Å². The van der Waals surface area contributed by atoms with E-state index in [-0.39, 0.29) is 11.8 Å². The maximum atomic E-state index is 12.5. The molecule has 0 spiro atoms. The van der Waals surface area contributed by atoms with Gasteiger partial charge in [-0.3, -0.25) is 14.5 Å². The number of carbonyl (C=O) groups excluding carboxylic acids is 2. The molecule has 2 aliphatic heterocycles. The van der Waals surface area contributed by atoms with Crippen LogP contribution >= 0.6 is 0 Å². The Balaban J connectivity index is 1.07. The molecule has 0 saturated carbocycles. The Hall–Kier alpha value is -3.45. The van der Waals surface area contributed by atoms with Crippen molar-refractivity contribution in [3.63, 3.8) is 0 Å². The first-order chi connectivity index (χ1) is 18.1. The first kappa shape index (κ1) is 25.2. The van der Waals surface area contributed by atoms with Crippen molar-refractivity contribution in [2.75, 3.05) is 49.1 Å². The van der Waals surface area contributed by atoms with Gasteiger partial charge in [-0.05, 0) is 55.3 Å². The lowest BCUT2D eigenvalue weighted by molar-refractivity contribution is -0.126. The van der Waals surface area contributed by atoms with E-state index in [4.69, 9.17) is 4.74 Å². The van der Waals surface area contributed by atoms with Gasteiger partial charge in [0.2, 0.25) is 17.7 Å². The number of piperazine rings is 1. The van der Waals surface area contributed by atoms with Crippen molar-refractivity contribution in [3.8, 4) is 5.88 Å². The van der Waals surface area contributed by atoms with E-state index in [1.807, 2.05) is 19.1 Å². The largest absolute Gasteiger partial charge is 0.478 e. The molecule has 0 bridgehead atoms. The zero-order valence-corrected chi connectivity index (χ0v) is 21.7. The molecule has 2 aliphatic rings. The highest BCUT2D eigenvalue weighted by Crippen LogP contribution is 2.29. The Kier molecular flexibility index (Phi) is 7.99. The average molecular weight is 501 g/mol. The van der Waals surface area contributed by atoms with Crippen LogP contribution in [-0.4, -0.2) is 61.0 Å². The number of amides is 2. The molecule has 5 rings (SSSR count). The van der Waals surface area contributed by atoms with Crippen molar-refractivity contribution in [2.24, 2.45) is 0 Å².